The minimum Gasteiger partial charge on any atom is -0.493 e. The molecule has 1 unspecified atom stereocenters. The largest absolute Gasteiger partial charge is 0.493 e. The van der Waals surface area contributed by atoms with Gasteiger partial charge in [0.2, 0.25) is 6.19 Å². The number of fused-ring (bicyclic) bond motifs is 1. The fourth-order valence-electron chi connectivity index (χ4n) is 4.25. The lowest BCUT2D eigenvalue weighted by Crippen LogP contribution is -2.39. The van der Waals surface area contributed by atoms with E-state index in [0.29, 0.717) is 19.1 Å². The zero-order valence-electron chi connectivity index (χ0n) is 17.5. The minimum absolute atomic E-state index is 0.211. The summed E-state index contributed by atoms with van der Waals surface area (Å²) in [5, 5.41) is 12.4. The zero-order chi connectivity index (χ0) is 20.9. The van der Waals surface area contributed by atoms with Crippen LogP contribution < -0.4 is 14.9 Å². The van der Waals surface area contributed by atoms with E-state index < -0.39 is 0 Å². The van der Waals surface area contributed by atoms with E-state index in [-0.39, 0.29) is 5.92 Å². The van der Waals surface area contributed by atoms with Crippen molar-refractivity contribution in [3.05, 3.63) is 71.6 Å². The molecule has 0 radical (unpaired) electrons. The van der Waals surface area contributed by atoms with Crippen LogP contribution in [0.15, 0.2) is 54.9 Å². The molecular weight excluding hydrogens is 376 g/mol. The molecule has 6 nitrogen and oxygen atoms in total. The topological polar surface area (TPSA) is 60.8 Å². The summed E-state index contributed by atoms with van der Waals surface area (Å²) in [4.78, 5) is 0. The van der Waals surface area contributed by atoms with Crippen molar-refractivity contribution < 1.29 is 9.47 Å². The predicted molar refractivity (Wildman–Crippen MR) is 115 cm³/mol. The summed E-state index contributed by atoms with van der Waals surface area (Å²) in [6, 6.07) is 14.8. The molecule has 4 rings (SSSR count). The van der Waals surface area contributed by atoms with Crippen molar-refractivity contribution in [1.29, 1.82) is 5.26 Å². The van der Waals surface area contributed by atoms with Crippen molar-refractivity contribution in [1.82, 2.24) is 15.6 Å². The van der Waals surface area contributed by atoms with E-state index in [9.17, 15) is 5.26 Å². The fourth-order valence-corrected chi connectivity index (χ4v) is 4.25. The molecule has 1 aliphatic carbocycles. The van der Waals surface area contributed by atoms with Crippen LogP contribution in [0.4, 0.5) is 0 Å². The first-order valence-electron chi connectivity index (χ1n) is 10.4. The molecule has 0 saturated carbocycles. The van der Waals surface area contributed by atoms with Crippen molar-refractivity contribution in [3.8, 4) is 17.7 Å². The van der Waals surface area contributed by atoms with E-state index in [2.05, 4.69) is 54.9 Å². The molecule has 0 bridgehead atoms. The van der Waals surface area contributed by atoms with Crippen LogP contribution in [-0.2, 0) is 12.8 Å². The van der Waals surface area contributed by atoms with Gasteiger partial charge in [0, 0.05) is 24.9 Å². The highest BCUT2D eigenvalue weighted by Gasteiger charge is 2.22. The van der Waals surface area contributed by atoms with Gasteiger partial charge in [0.05, 0.1) is 13.7 Å². The Bertz CT molecular complexity index is 927. The molecule has 0 aromatic heterocycles. The standard InChI is InChI=1S/C24H28N4O2/c1-18(16-27-11-10-26-28(27)17-25)20-7-8-23(29-2)24(15-20)30-12-9-19-13-21-5-3-4-6-22(21)14-19/h3-8,10-11,15,18-19,26H,9,12-14,16H2,1-2H3. The van der Waals surface area contributed by atoms with Crippen molar-refractivity contribution in [2.45, 2.75) is 32.1 Å². The van der Waals surface area contributed by atoms with E-state index in [0.717, 1.165) is 36.3 Å². The van der Waals surface area contributed by atoms with Gasteiger partial charge in [-0.3, -0.25) is 10.4 Å². The van der Waals surface area contributed by atoms with E-state index in [1.54, 1.807) is 13.3 Å². The van der Waals surface area contributed by atoms with Crippen molar-refractivity contribution >= 4 is 0 Å². The fraction of sp³-hybridized carbons (Fsp3) is 0.375. The highest BCUT2D eigenvalue weighted by atomic mass is 16.5. The number of methoxy groups -OCH3 is 1. The molecule has 1 atom stereocenters. The van der Waals surface area contributed by atoms with Gasteiger partial charge in [0.25, 0.3) is 0 Å². The third-order valence-corrected chi connectivity index (χ3v) is 5.93. The highest BCUT2D eigenvalue weighted by molar-refractivity contribution is 5.44. The Morgan fingerprint density at radius 1 is 1.17 bits per heavy atom. The Kier molecular flexibility index (Phi) is 5.99. The number of rotatable bonds is 8. The molecule has 2 aromatic carbocycles. The number of ether oxygens (including phenoxy) is 2. The van der Waals surface area contributed by atoms with Crippen LogP contribution in [0, 0.1) is 17.4 Å². The maximum absolute atomic E-state index is 9.17. The summed E-state index contributed by atoms with van der Waals surface area (Å²) in [7, 11) is 1.67. The molecule has 156 valence electrons. The molecule has 0 amide bonds. The van der Waals surface area contributed by atoms with Gasteiger partial charge in [-0.05, 0) is 54.0 Å². The third kappa shape index (κ3) is 4.30. The molecule has 1 aliphatic heterocycles. The molecule has 6 heteroatoms. The van der Waals surface area contributed by atoms with Crippen LogP contribution in [-0.4, -0.2) is 30.4 Å². The highest BCUT2D eigenvalue weighted by Crippen LogP contribution is 2.33. The quantitative estimate of drug-likeness (QED) is 0.672. The zero-order valence-corrected chi connectivity index (χ0v) is 17.5. The van der Waals surface area contributed by atoms with Gasteiger partial charge < -0.3 is 9.47 Å². The van der Waals surface area contributed by atoms with Crippen LogP contribution >= 0.6 is 0 Å². The first-order chi connectivity index (χ1) is 14.7. The minimum atomic E-state index is 0.211. The van der Waals surface area contributed by atoms with Crippen LogP contribution in [0.5, 0.6) is 11.5 Å². The van der Waals surface area contributed by atoms with Gasteiger partial charge in [0.15, 0.2) is 11.5 Å². The Morgan fingerprint density at radius 2 is 1.93 bits per heavy atom. The average molecular weight is 405 g/mol. The number of nitrogens with zero attached hydrogens (tertiary/aromatic N) is 3. The molecule has 30 heavy (non-hydrogen) atoms. The lowest BCUT2D eigenvalue weighted by molar-refractivity contribution is 0.0698. The number of hydrazine groups is 2. The number of hydrogen-bond donors (Lipinski definition) is 1. The summed E-state index contributed by atoms with van der Waals surface area (Å²) in [5.41, 5.74) is 6.99. The van der Waals surface area contributed by atoms with E-state index >= 15 is 0 Å². The van der Waals surface area contributed by atoms with E-state index in [1.807, 2.05) is 17.3 Å². The average Bonchev–Trinajstić information content (AvgIpc) is 3.39. The second kappa shape index (κ2) is 9.00. The molecule has 2 aromatic rings. The summed E-state index contributed by atoms with van der Waals surface area (Å²) < 4.78 is 11.7. The number of nitriles is 1. The summed E-state index contributed by atoms with van der Waals surface area (Å²) in [6.07, 6.45) is 9.02. The number of hydrogen-bond acceptors (Lipinski definition) is 6. The smallest absolute Gasteiger partial charge is 0.221 e. The molecule has 1 N–H and O–H groups in total. The Morgan fingerprint density at radius 3 is 2.63 bits per heavy atom. The number of benzene rings is 2. The van der Waals surface area contributed by atoms with Crippen LogP contribution in [0.1, 0.15) is 36.0 Å². The van der Waals surface area contributed by atoms with Crippen LogP contribution in [0.25, 0.3) is 0 Å². The van der Waals surface area contributed by atoms with Gasteiger partial charge in [-0.2, -0.15) is 5.26 Å². The van der Waals surface area contributed by atoms with Crippen molar-refractivity contribution in [2.24, 2.45) is 5.92 Å². The lowest BCUT2D eigenvalue weighted by Gasteiger charge is -2.26. The van der Waals surface area contributed by atoms with Gasteiger partial charge in [-0.15, -0.1) is 5.12 Å². The first-order valence-corrected chi connectivity index (χ1v) is 10.4. The molecule has 2 aliphatic rings. The SMILES string of the molecule is COc1ccc(C(C)CN2C=CNN2C#N)cc1OCCC1Cc2ccccc2C1. The number of nitrogens with one attached hydrogen (secondary N) is 1. The Balaban J connectivity index is 1.36. The maximum atomic E-state index is 9.17. The normalized spacial score (nSPS) is 16.2. The molecule has 1 heterocycles. The molecule has 0 spiro atoms. The molecule has 0 saturated heterocycles. The van der Waals surface area contributed by atoms with Crippen molar-refractivity contribution in [2.75, 3.05) is 20.3 Å². The lowest BCUT2D eigenvalue weighted by atomic mass is 10.0. The van der Waals surface area contributed by atoms with Gasteiger partial charge in [0.1, 0.15) is 0 Å². The second-order valence-corrected chi connectivity index (χ2v) is 7.97. The second-order valence-electron chi connectivity index (χ2n) is 7.97. The summed E-state index contributed by atoms with van der Waals surface area (Å²) in [6.45, 7) is 3.50. The van der Waals surface area contributed by atoms with Crippen molar-refractivity contribution in [3.63, 3.8) is 0 Å². The monoisotopic (exact) mass is 404 g/mol. The van der Waals surface area contributed by atoms with E-state index in [1.165, 1.54) is 16.2 Å². The van der Waals surface area contributed by atoms with Gasteiger partial charge in [-0.1, -0.05) is 37.3 Å². The van der Waals surface area contributed by atoms with E-state index in [4.69, 9.17) is 9.47 Å². The summed E-state index contributed by atoms with van der Waals surface area (Å²) >= 11 is 0. The molecule has 0 fully saturated rings. The third-order valence-electron chi connectivity index (χ3n) is 5.93. The summed E-state index contributed by atoms with van der Waals surface area (Å²) in [5.74, 6) is 2.39. The molecular formula is C24H28N4O2. The van der Waals surface area contributed by atoms with Gasteiger partial charge in [-0.25, -0.2) is 0 Å². The first kappa shape index (κ1) is 20.0. The van der Waals surface area contributed by atoms with Crippen LogP contribution in [0.3, 0.4) is 0 Å². The van der Waals surface area contributed by atoms with Crippen LogP contribution in [0.2, 0.25) is 0 Å². The predicted octanol–water partition coefficient (Wildman–Crippen LogP) is 3.97. The Labute approximate surface area is 178 Å². The Hall–Kier alpha value is -3.33. The maximum Gasteiger partial charge on any atom is 0.221 e. The van der Waals surface area contributed by atoms with Gasteiger partial charge >= 0.3 is 0 Å².